The van der Waals surface area contributed by atoms with E-state index in [0.29, 0.717) is 22.3 Å². The molecule has 33 heavy (non-hydrogen) atoms. The lowest BCUT2D eigenvalue weighted by Gasteiger charge is -2.22. The monoisotopic (exact) mass is 465 g/mol. The summed E-state index contributed by atoms with van der Waals surface area (Å²) in [6.07, 6.45) is 0. The molecular weight excluding hydrogens is 446 g/mol. The summed E-state index contributed by atoms with van der Waals surface area (Å²) in [4.78, 5) is 28.3. The fraction of sp³-hybridized carbons (Fsp3) is 0.174. The van der Waals surface area contributed by atoms with Gasteiger partial charge in [0.25, 0.3) is 5.91 Å². The second kappa shape index (κ2) is 7.39. The predicted octanol–water partition coefficient (Wildman–Crippen LogP) is 3.09. The van der Waals surface area contributed by atoms with Gasteiger partial charge in [-0.25, -0.2) is 12.7 Å². The summed E-state index contributed by atoms with van der Waals surface area (Å²) in [7, 11) is -0.754. The number of amides is 1. The van der Waals surface area contributed by atoms with E-state index in [2.05, 4.69) is 5.16 Å². The minimum atomic E-state index is -3.64. The van der Waals surface area contributed by atoms with Gasteiger partial charge in [-0.2, -0.15) is 0 Å². The average molecular weight is 465 g/mol. The molecule has 0 bridgehead atoms. The van der Waals surface area contributed by atoms with Gasteiger partial charge in [0.05, 0.1) is 21.9 Å². The maximum atomic E-state index is 13.5. The summed E-state index contributed by atoms with van der Waals surface area (Å²) in [5.74, 6) is 0.109. The molecule has 9 nitrogen and oxygen atoms in total. The van der Waals surface area contributed by atoms with Crippen LogP contribution in [0.25, 0.3) is 11.0 Å². The molecule has 0 radical (unpaired) electrons. The van der Waals surface area contributed by atoms with Crippen LogP contribution in [0.4, 0.5) is 5.82 Å². The summed E-state index contributed by atoms with van der Waals surface area (Å²) >= 11 is 0. The Labute approximate surface area is 188 Å². The van der Waals surface area contributed by atoms with Crippen molar-refractivity contribution in [1.29, 1.82) is 0 Å². The molecule has 0 saturated carbocycles. The molecule has 4 aromatic rings. The summed E-state index contributed by atoms with van der Waals surface area (Å²) < 4.78 is 37.1. The maximum absolute atomic E-state index is 13.5. The molecule has 1 amide bonds. The topological polar surface area (TPSA) is 114 Å². The number of benzene rings is 2. The highest BCUT2D eigenvalue weighted by atomic mass is 32.2. The van der Waals surface area contributed by atoms with Crippen LogP contribution >= 0.6 is 0 Å². The Morgan fingerprint density at radius 2 is 1.73 bits per heavy atom. The van der Waals surface area contributed by atoms with Crippen LogP contribution < -0.4 is 10.3 Å². The molecule has 0 fully saturated rings. The molecule has 5 rings (SSSR count). The van der Waals surface area contributed by atoms with E-state index in [1.54, 1.807) is 49.4 Å². The number of hydrogen-bond donors (Lipinski definition) is 0. The molecule has 1 unspecified atom stereocenters. The number of carbonyl (C=O) groups excluding carboxylic acids is 1. The van der Waals surface area contributed by atoms with Gasteiger partial charge in [0.2, 0.25) is 15.8 Å². The third-order valence-electron chi connectivity index (χ3n) is 5.61. The van der Waals surface area contributed by atoms with Crippen molar-refractivity contribution in [3.63, 3.8) is 0 Å². The number of aryl methyl sites for hydroxylation is 1. The number of nitrogens with zero attached hydrogens (tertiary/aromatic N) is 3. The molecule has 1 aliphatic heterocycles. The number of aromatic nitrogens is 1. The first-order chi connectivity index (χ1) is 15.7. The molecule has 0 N–H and O–H groups in total. The van der Waals surface area contributed by atoms with Crippen molar-refractivity contribution in [2.24, 2.45) is 0 Å². The third-order valence-corrected chi connectivity index (χ3v) is 7.44. The minimum Gasteiger partial charge on any atom is -0.450 e. The van der Waals surface area contributed by atoms with Crippen LogP contribution in [0.15, 0.2) is 73.2 Å². The van der Waals surface area contributed by atoms with Crippen molar-refractivity contribution < 1.29 is 22.2 Å². The molecule has 0 aliphatic carbocycles. The van der Waals surface area contributed by atoms with Gasteiger partial charge < -0.3 is 8.94 Å². The first-order valence-corrected chi connectivity index (χ1v) is 11.5. The van der Waals surface area contributed by atoms with Crippen molar-refractivity contribution >= 4 is 32.7 Å². The highest BCUT2D eigenvalue weighted by Gasteiger charge is 2.45. The van der Waals surface area contributed by atoms with Crippen molar-refractivity contribution in [1.82, 2.24) is 9.46 Å². The van der Waals surface area contributed by atoms with Gasteiger partial charge >= 0.3 is 0 Å². The first-order valence-electron chi connectivity index (χ1n) is 10.1. The molecule has 0 saturated heterocycles. The number of fused-ring (bicyclic) bond motifs is 2. The molecule has 168 valence electrons. The summed E-state index contributed by atoms with van der Waals surface area (Å²) in [6.45, 7) is 1.69. The molecule has 2 aromatic heterocycles. The summed E-state index contributed by atoms with van der Waals surface area (Å²) in [6, 6.07) is 13.5. The zero-order chi connectivity index (χ0) is 23.5. The van der Waals surface area contributed by atoms with E-state index in [1.165, 1.54) is 31.1 Å². The smallest absolute Gasteiger partial charge is 0.296 e. The predicted molar refractivity (Wildman–Crippen MR) is 120 cm³/mol. The zero-order valence-corrected chi connectivity index (χ0v) is 18.8. The maximum Gasteiger partial charge on any atom is 0.296 e. The number of rotatable bonds is 4. The minimum absolute atomic E-state index is 0.0747. The molecule has 10 heteroatoms. The van der Waals surface area contributed by atoms with Gasteiger partial charge in [0.15, 0.2) is 11.2 Å². The van der Waals surface area contributed by atoms with Crippen molar-refractivity contribution in [2.45, 2.75) is 17.9 Å². The van der Waals surface area contributed by atoms with Gasteiger partial charge in [0.1, 0.15) is 11.3 Å². The SMILES string of the molecule is Cc1cc(N2C(=O)c3oc4ccccc4c(=O)c3C2c2ccc(S(=O)(=O)N(C)C)cc2)no1. The highest BCUT2D eigenvalue weighted by molar-refractivity contribution is 7.89. The van der Waals surface area contributed by atoms with Crippen LogP contribution in [0.2, 0.25) is 0 Å². The zero-order valence-electron chi connectivity index (χ0n) is 18.0. The standard InChI is InChI=1S/C23H19N3O6S/c1-13-12-18(24-32-13)26-20(14-8-10-15(11-9-14)33(29,30)25(2)3)19-21(27)16-6-4-5-7-17(16)31-22(19)23(26)28/h4-12,20H,1-3H3. The van der Waals surface area contributed by atoms with E-state index < -0.39 is 22.0 Å². The van der Waals surface area contributed by atoms with Crippen molar-refractivity contribution in [3.05, 3.63) is 87.5 Å². The quantitative estimate of drug-likeness (QED) is 0.455. The van der Waals surface area contributed by atoms with E-state index in [0.717, 1.165) is 4.31 Å². The van der Waals surface area contributed by atoms with Crippen LogP contribution in [0.3, 0.4) is 0 Å². The summed E-state index contributed by atoms with van der Waals surface area (Å²) in [5, 5.41) is 4.32. The number of hydrogen-bond acceptors (Lipinski definition) is 7. The molecule has 0 spiro atoms. The van der Waals surface area contributed by atoms with Crippen molar-refractivity contribution in [2.75, 3.05) is 19.0 Å². The fourth-order valence-corrected chi connectivity index (χ4v) is 4.87. The van der Waals surface area contributed by atoms with Gasteiger partial charge in [-0.3, -0.25) is 14.5 Å². The van der Waals surface area contributed by atoms with Crippen LogP contribution in [0.1, 0.15) is 33.5 Å². The van der Waals surface area contributed by atoms with Gasteiger partial charge in [0, 0.05) is 20.2 Å². The second-order valence-electron chi connectivity index (χ2n) is 7.90. The Balaban J connectivity index is 1.74. The van der Waals surface area contributed by atoms with E-state index in [4.69, 9.17) is 8.94 Å². The highest BCUT2D eigenvalue weighted by Crippen LogP contribution is 2.41. The number of anilines is 1. The lowest BCUT2D eigenvalue weighted by atomic mass is 9.98. The lowest BCUT2D eigenvalue weighted by molar-refractivity contribution is 0.0969. The number of carbonyl (C=O) groups is 1. The number of para-hydroxylation sites is 1. The average Bonchev–Trinajstić information content (AvgIpc) is 3.35. The lowest BCUT2D eigenvalue weighted by Crippen LogP contribution is -2.30. The fourth-order valence-electron chi connectivity index (χ4n) is 3.97. The molecular formula is C23H19N3O6S. The first kappa shape index (κ1) is 21.1. The Morgan fingerprint density at radius 1 is 1.03 bits per heavy atom. The Morgan fingerprint density at radius 3 is 2.36 bits per heavy atom. The molecule has 2 aromatic carbocycles. The third kappa shape index (κ3) is 3.18. The normalized spacial score (nSPS) is 16.1. The van der Waals surface area contributed by atoms with E-state index in [1.807, 2.05) is 0 Å². The van der Waals surface area contributed by atoms with E-state index >= 15 is 0 Å². The molecule has 1 atom stereocenters. The van der Waals surface area contributed by atoms with E-state index in [-0.39, 0.29) is 27.5 Å². The van der Waals surface area contributed by atoms with Gasteiger partial charge in [-0.1, -0.05) is 29.4 Å². The summed E-state index contributed by atoms with van der Waals surface area (Å²) in [5.41, 5.74) is 0.669. The van der Waals surface area contributed by atoms with Crippen LogP contribution in [0.5, 0.6) is 0 Å². The largest absolute Gasteiger partial charge is 0.450 e. The molecule has 1 aliphatic rings. The Bertz CT molecular complexity index is 1570. The second-order valence-corrected chi connectivity index (χ2v) is 10.1. The Kier molecular flexibility index (Phi) is 4.73. The van der Waals surface area contributed by atoms with Gasteiger partial charge in [-0.15, -0.1) is 0 Å². The van der Waals surface area contributed by atoms with Crippen LogP contribution in [0, 0.1) is 6.92 Å². The van der Waals surface area contributed by atoms with Crippen molar-refractivity contribution in [3.8, 4) is 0 Å². The molecule has 3 heterocycles. The number of sulfonamides is 1. The van der Waals surface area contributed by atoms with Crippen LogP contribution in [-0.4, -0.2) is 37.9 Å². The van der Waals surface area contributed by atoms with Crippen LogP contribution in [-0.2, 0) is 10.0 Å². The van der Waals surface area contributed by atoms with E-state index in [9.17, 15) is 18.0 Å². The Hall–Kier alpha value is -3.76. The van der Waals surface area contributed by atoms with Gasteiger partial charge in [-0.05, 0) is 36.8 Å².